The van der Waals surface area contributed by atoms with Gasteiger partial charge in [-0.05, 0) is 12.1 Å². The Morgan fingerprint density at radius 2 is 1.88 bits per heavy atom. The number of hydrogen-bond acceptors (Lipinski definition) is 3. The summed E-state index contributed by atoms with van der Waals surface area (Å²) in [4.78, 5) is 32.3. The summed E-state index contributed by atoms with van der Waals surface area (Å²) < 4.78 is 12.1. The predicted molar refractivity (Wildman–Crippen MR) is 55.9 cm³/mol. The summed E-state index contributed by atoms with van der Waals surface area (Å²) in [5, 5.41) is 2.23. The van der Waals surface area contributed by atoms with Gasteiger partial charge >= 0.3 is 13.3 Å². The van der Waals surface area contributed by atoms with E-state index in [1.807, 2.05) is 0 Å². The van der Waals surface area contributed by atoms with Crippen molar-refractivity contribution in [3.05, 3.63) is 40.8 Å². The van der Waals surface area contributed by atoms with Gasteiger partial charge in [0.2, 0.25) is 5.57 Å². The number of nitrogens with one attached hydrogen (secondary N) is 1. The Labute approximate surface area is 89.5 Å². The molecule has 1 aromatic carbocycles. The molecule has 0 aliphatic carbocycles. The van der Waals surface area contributed by atoms with Crippen molar-refractivity contribution in [2.75, 3.05) is 0 Å². The summed E-state index contributed by atoms with van der Waals surface area (Å²) in [6.45, 7) is 0. The van der Waals surface area contributed by atoms with Crippen LogP contribution in [-0.4, -0.2) is 24.6 Å². The highest BCUT2D eigenvalue weighted by atomic mass is 31.2. The molecule has 0 bridgehead atoms. The number of H-pyrrole nitrogens is 1. The molecule has 2 rings (SSSR count). The summed E-state index contributed by atoms with van der Waals surface area (Å²) in [5.41, 5.74) is -0.971. The van der Waals surface area contributed by atoms with E-state index in [2.05, 4.69) is 10.1 Å². The summed E-state index contributed by atoms with van der Waals surface area (Å²) in [6.07, 6.45) is 0. The van der Waals surface area contributed by atoms with Crippen molar-refractivity contribution in [3.63, 3.8) is 0 Å². The third-order valence-corrected chi connectivity index (χ3v) is 2.70. The van der Waals surface area contributed by atoms with Crippen LogP contribution < -0.4 is 11.3 Å². The zero-order chi connectivity index (χ0) is 11.8. The molecule has 0 radical (unpaired) electrons. The summed E-state index contributed by atoms with van der Waals surface area (Å²) in [7, 11) is -4.58. The zero-order valence-electron chi connectivity index (χ0n) is 7.94. The summed E-state index contributed by atoms with van der Waals surface area (Å²) in [6, 6.07) is 8.29. The van der Waals surface area contributed by atoms with E-state index in [1.165, 1.54) is 0 Å². The smallest absolute Gasteiger partial charge is 0.319 e. The van der Waals surface area contributed by atoms with E-state index >= 15 is 0 Å². The fourth-order valence-electron chi connectivity index (χ4n) is 1.26. The van der Waals surface area contributed by atoms with Crippen LogP contribution in [0.1, 0.15) is 0 Å². The lowest BCUT2D eigenvalue weighted by atomic mass is 10.3. The molecule has 0 fully saturated rings. The lowest BCUT2D eigenvalue weighted by Gasteiger charge is -2.06. The van der Waals surface area contributed by atoms with Gasteiger partial charge in [0.1, 0.15) is 0 Å². The van der Waals surface area contributed by atoms with Crippen molar-refractivity contribution < 1.29 is 14.4 Å². The minimum absolute atomic E-state index is 0.426. The highest BCUT2D eigenvalue weighted by Crippen LogP contribution is 2.31. The Hall–Kier alpha value is -1.69. The average Bonchev–Trinajstić information content (AvgIpc) is 2.61. The molecule has 1 aromatic heterocycles. The number of aromatic nitrogens is 3. The van der Waals surface area contributed by atoms with Crippen LogP contribution in [-0.2, 0) is 4.57 Å². The Morgan fingerprint density at radius 3 is 2.44 bits per heavy atom. The Balaban J connectivity index is 2.67. The first-order chi connectivity index (χ1) is 7.48. The van der Waals surface area contributed by atoms with Crippen LogP contribution in [0.5, 0.6) is 0 Å². The van der Waals surface area contributed by atoms with Gasteiger partial charge in [-0.2, -0.15) is 4.98 Å². The molecule has 0 unspecified atom stereocenters. The highest BCUT2D eigenvalue weighted by Gasteiger charge is 2.26. The molecule has 1 heterocycles. The van der Waals surface area contributed by atoms with Gasteiger partial charge in [-0.3, -0.25) is 4.57 Å². The number of benzene rings is 1. The maximum atomic E-state index is 11.1. The van der Waals surface area contributed by atoms with Crippen molar-refractivity contribution in [3.8, 4) is 5.69 Å². The monoisotopic (exact) mass is 241 g/mol. The fourth-order valence-corrected chi connectivity index (χ4v) is 1.91. The number of para-hydroxylation sites is 1. The summed E-state index contributed by atoms with van der Waals surface area (Å²) in [5.74, 6) is 0. The maximum absolute atomic E-state index is 11.1. The van der Waals surface area contributed by atoms with E-state index in [0.29, 0.717) is 5.69 Å². The standard InChI is InChI=1S/C8H8N3O4P/c12-7-9-8(16(13,14)15)11(10-7)6-4-2-1-3-5-6/h1-5H,(H,10,12)(H2,13,14,15). The maximum Gasteiger partial charge on any atom is 0.393 e. The molecule has 7 nitrogen and oxygen atoms in total. The highest BCUT2D eigenvalue weighted by molar-refractivity contribution is 7.59. The van der Waals surface area contributed by atoms with Crippen molar-refractivity contribution in [2.24, 2.45) is 0 Å². The molecule has 0 saturated heterocycles. The molecular formula is C8H8N3O4P. The molecule has 0 aliphatic rings. The molecular weight excluding hydrogens is 233 g/mol. The third-order valence-electron chi connectivity index (χ3n) is 1.88. The minimum Gasteiger partial charge on any atom is -0.319 e. The fraction of sp³-hybridized carbons (Fsp3) is 0. The van der Waals surface area contributed by atoms with Crippen LogP contribution in [0.2, 0.25) is 0 Å². The first-order valence-electron chi connectivity index (χ1n) is 4.29. The van der Waals surface area contributed by atoms with Gasteiger partial charge in [-0.1, -0.05) is 18.2 Å². The van der Waals surface area contributed by atoms with Crippen molar-refractivity contribution in [2.45, 2.75) is 0 Å². The van der Waals surface area contributed by atoms with Crippen LogP contribution in [0, 0.1) is 0 Å². The topological polar surface area (TPSA) is 108 Å². The molecule has 3 N–H and O–H groups in total. The van der Waals surface area contributed by atoms with E-state index in [4.69, 9.17) is 9.79 Å². The molecule has 0 saturated carbocycles. The Bertz CT molecular complexity index is 597. The second-order valence-electron chi connectivity index (χ2n) is 3.04. The Kier molecular flexibility index (Phi) is 2.51. The van der Waals surface area contributed by atoms with E-state index in [-0.39, 0.29) is 0 Å². The van der Waals surface area contributed by atoms with Gasteiger partial charge in [0.05, 0.1) is 5.69 Å². The second-order valence-corrected chi connectivity index (χ2v) is 4.53. The van der Waals surface area contributed by atoms with Gasteiger partial charge in [0.25, 0.3) is 0 Å². The van der Waals surface area contributed by atoms with Crippen LogP contribution in [0.25, 0.3) is 5.69 Å². The molecule has 0 spiro atoms. The molecule has 84 valence electrons. The van der Waals surface area contributed by atoms with Gasteiger partial charge < -0.3 is 9.79 Å². The average molecular weight is 241 g/mol. The van der Waals surface area contributed by atoms with Crippen molar-refractivity contribution in [1.29, 1.82) is 0 Å². The number of nitrogens with zero attached hydrogens (tertiary/aromatic N) is 2. The summed E-state index contributed by atoms with van der Waals surface area (Å²) >= 11 is 0. The van der Waals surface area contributed by atoms with E-state index in [0.717, 1.165) is 4.68 Å². The molecule has 8 heteroatoms. The van der Waals surface area contributed by atoms with Gasteiger partial charge in [0, 0.05) is 0 Å². The quantitative estimate of drug-likeness (QED) is 0.606. The van der Waals surface area contributed by atoms with Crippen molar-refractivity contribution >= 4 is 13.2 Å². The first-order valence-corrected chi connectivity index (χ1v) is 5.90. The molecule has 0 amide bonds. The van der Waals surface area contributed by atoms with E-state index in [1.54, 1.807) is 30.3 Å². The number of rotatable bonds is 2. The molecule has 0 atom stereocenters. The van der Waals surface area contributed by atoms with E-state index in [9.17, 15) is 9.36 Å². The minimum atomic E-state index is -4.58. The largest absolute Gasteiger partial charge is 0.393 e. The Morgan fingerprint density at radius 1 is 1.25 bits per heavy atom. The van der Waals surface area contributed by atoms with Crippen LogP contribution in [0.3, 0.4) is 0 Å². The number of hydrogen-bond donors (Lipinski definition) is 3. The number of aromatic amines is 1. The molecule has 16 heavy (non-hydrogen) atoms. The van der Waals surface area contributed by atoms with Gasteiger partial charge in [0.15, 0.2) is 0 Å². The van der Waals surface area contributed by atoms with Gasteiger partial charge in [-0.15, -0.1) is 0 Å². The molecule has 0 aliphatic heterocycles. The first kappa shape index (κ1) is 10.8. The van der Waals surface area contributed by atoms with Crippen LogP contribution >= 0.6 is 7.60 Å². The molecule has 2 aromatic rings. The lowest BCUT2D eigenvalue weighted by Crippen LogP contribution is -2.19. The van der Waals surface area contributed by atoms with Crippen LogP contribution in [0.4, 0.5) is 0 Å². The zero-order valence-corrected chi connectivity index (χ0v) is 8.83. The lowest BCUT2D eigenvalue weighted by molar-refractivity contribution is 0.384. The second kappa shape index (κ2) is 3.71. The normalized spacial score (nSPS) is 11.6. The van der Waals surface area contributed by atoms with E-state index < -0.39 is 18.9 Å². The SMILES string of the molecule is O=c1nc(P(=O)(O)O)n(-c2ccccc2)[nH]1. The van der Waals surface area contributed by atoms with Gasteiger partial charge in [-0.25, -0.2) is 14.6 Å². The predicted octanol–water partition coefficient (Wildman–Crippen LogP) is -0.636. The van der Waals surface area contributed by atoms with Crippen LogP contribution in [0.15, 0.2) is 35.1 Å². The van der Waals surface area contributed by atoms with Crippen molar-refractivity contribution in [1.82, 2.24) is 14.8 Å². The third kappa shape index (κ3) is 1.96.